The number of hydrogen-bond donors (Lipinski definition) is 1. The Bertz CT molecular complexity index is 521. The molecule has 0 aromatic carbocycles. The van der Waals surface area contributed by atoms with Crippen LogP contribution in [0.4, 0.5) is 0 Å². The average Bonchev–Trinajstić information content (AvgIpc) is 2.70. The third-order valence-corrected chi connectivity index (χ3v) is 3.77. The van der Waals surface area contributed by atoms with Gasteiger partial charge in [0.25, 0.3) is 0 Å². The van der Waals surface area contributed by atoms with Gasteiger partial charge in [-0.25, -0.2) is 4.98 Å². The number of amides is 2. The molecular weight excluding hydrogens is 256 g/mol. The highest BCUT2D eigenvalue weighted by molar-refractivity contribution is 5.93. The van der Waals surface area contributed by atoms with E-state index in [1.807, 2.05) is 24.6 Å². The molecule has 6 nitrogen and oxygen atoms in total. The van der Waals surface area contributed by atoms with Crippen molar-refractivity contribution >= 4 is 11.8 Å². The molecule has 0 bridgehead atoms. The number of nitrogens with zero attached hydrogens (tertiary/aromatic N) is 3. The van der Waals surface area contributed by atoms with Gasteiger partial charge in [0, 0.05) is 37.9 Å². The van der Waals surface area contributed by atoms with Crippen LogP contribution in [0.5, 0.6) is 0 Å². The second-order valence-corrected chi connectivity index (χ2v) is 5.89. The van der Waals surface area contributed by atoms with Crippen LogP contribution in [-0.2, 0) is 16.1 Å². The van der Waals surface area contributed by atoms with E-state index in [0.717, 1.165) is 5.82 Å². The van der Waals surface area contributed by atoms with Crippen LogP contribution in [0.1, 0.15) is 33.0 Å². The Kier molecular flexibility index (Phi) is 3.83. The van der Waals surface area contributed by atoms with Gasteiger partial charge in [-0.2, -0.15) is 0 Å². The Hall–Kier alpha value is -1.85. The lowest BCUT2D eigenvalue weighted by atomic mass is 10.0. The SMILES string of the molecule is Cc1nccn1CCN1C(=O)C(C)(C)NC(=O)CC1C. The molecule has 0 spiro atoms. The van der Waals surface area contributed by atoms with Crippen molar-refractivity contribution in [3.63, 3.8) is 0 Å². The Morgan fingerprint density at radius 1 is 1.40 bits per heavy atom. The van der Waals surface area contributed by atoms with Crippen molar-refractivity contribution in [1.29, 1.82) is 0 Å². The highest BCUT2D eigenvalue weighted by Crippen LogP contribution is 2.18. The van der Waals surface area contributed by atoms with Crippen LogP contribution in [0.2, 0.25) is 0 Å². The second kappa shape index (κ2) is 5.26. The number of carbonyl (C=O) groups excluding carboxylic acids is 2. The summed E-state index contributed by atoms with van der Waals surface area (Å²) in [6, 6.07) is -0.0897. The standard InChI is InChI=1S/C14H22N4O2/c1-10-9-12(19)16-14(3,4)13(20)18(10)8-7-17-6-5-15-11(17)2/h5-6,10H,7-9H2,1-4H3,(H,16,19). The van der Waals surface area contributed by atoms with Crippen molar-refractivity contribution in [3.05, 3.63) is 18.2 Å². The molecule has 0 saturated carbocycles. The summed E-state index contributed by atoms with van der Waals surface area (Å²) in [6.45, 7) is 8.62. The molecule has 1 aliphatic rings. The zero-order chi connectivity index (χ0) is 14.9. The minimum absolute atomic E-state index is 0.0337. The van der Waals surface area contributed by atoms with Crippen molar-refractivity contribution in [3.8, 4) is 0 Å². The van der Waals surface area contributed by atoms with E-state index in [4.69, 9.17) is 0 Å². The van der Waals surface area contributed by atoms with E-state index in [1.165, 1.54) is 0 Å². The molecule has 2 amide bonds. The van der Waals surface area contributed by atoms with Crippen molar-refractivity contribution in [2.24, 2.45) is 0 Å². The first kappa shape index (κ1) is 14.6. The molecule has 0 radical (unpaired) electrons. The Morgan fingerprint density at radius 3 is 2.70 bits per heavy atom. The molecule has 1 saturated heterocycles. The highest BCUT2D eigenvalue weighted by Gasteiger charge is 2.39. The van der Waals surface area contributed by atoms with Crippen molar-refractivity contribution < 1.29 is 9.59 Å². The number of aryl methyl sites for hydroxylation is 1. The predicted octanol–water partition coefficient (Wildman–Crippen LogP) is 0.707. The van der Waals surface area contributed by atoms with E-state index < -0.39 is 5.54 Å². The van der Waals surface area contributed by atoms with Crippen molar-refractivity contribution in [1.82, 2.24) is 19.8 Å². The summed E-state index contributed by atoms with van der Waals surface area (Å²) in [4.78, 5) is 30.3. The molecule has 1 N–H and O–H groups in total. The molecule has 1 aliphatic heterocycles. The van der Waals surface area contributed by atoms with Crippen molar-refractivity contribution in [2.75, 3.05) is 6.54 Å². The van der Waals surface area contributed by atoms with E-state index in [1.54, 1.807) is 24.9 Å². The summed E-state index contributed by atoms with van der Waals surface area (Å²) in [7, 11) is 0. The lowest BCUT2D eigenvalue weighted by Crippen LogP contribution is -2.54. The summed E-state index contributed by atoms with van der Waals surface area (Å²) in [6.07, 6.45) is 3.99. The van der Waals surface area contributed by atoms with Crippen molar-refractivity contribution in [2.45, 2.75) is 52.2 Å². The lowest BCUT2D eigenvalue weighted by molar-refractivity contribution is -0.138. The van der Waals surface area contributed by atoms with Crippen LogP contribution >= 0.6 is 0 Å². The molecule has 20 heavy (non-hydrogen) atoms. The maximum absolute atomic E-state index is 12.6. The van der Waals surface area contributed by atoms with Crippen LogP contribution in [0.3, 0.4) is 0 Å². The van der Waals surface area contributed by atoms with Gasteiger partial charge < -0.3 is 14.8 Å². The third kappa shape index (κ3) is 2.84. The summed E-state index contributed by atoms with van der Waals surface area (Å²) in [5, 5.41) is 2.78. The fourth-order valence-corrected chi connectivity index (χ4v) is 2.57. The zero-order valence-corrected chi connectivity index (χ0v) is 12.5. The molecule has 2 heterocycles. The van der Waals surface area contributed by atoms with E-state index in [2.05, 4.69) is 10.3 Å². The molecule has 1 unspecified atom stereocenters. The van der Waals surface area contributed by atoms with E-state index in [-0.39, 0.29) is 17.9 Å². The molecule has 1 aromatic rings. The maximum Gasteiger partial charge on any atom is 0.248 e. The molecule has 6 heteroatoms. The summed E-state index contributed by atoms with van der Waals surface area (Å²) in [5.74, 6) is 0.819. The fraction of sp³-hybridized carbons (Fsp3) is 0.643. The van der Waals surface area contributed by atoms with Crippen LogP contribution in [0, 0.1) is 6.92 Å². The van der Waals surface area contributed by atoms with Gasteiger partial charge in [0.15, 0.2) is 0 Å². The van der Waals surface area contributed by atoms with E-state index in [9.17, 15) is 9.59 Å². The predicted molar refractivity (Wildman–Crippen MR) is 75.0 cm³/mol. The van der Waals surface area contributed by atoms with Gasteiger partial charge in [0.2, 0.25) is 11.8 Å². The van der Waals surface area contributed by atoms with Crippen LogP contribution in [-0.4, -0.2) is 44.4 Å². The number of hydrogen-bond acceptors (Lipinski definition) is 3. The van der Waals surface area contributed by atoms with Gasteiger partial charge in [-0.1, -0.05) is 0 Å². The molecule has 0 aliphatic carbocycles. The average molecular weight is 278 g/mol. The molecular formula is C14H22N4O2. The first-order valence-electron chi connectivity index (χ1n) is 6.91. The van der Waals surface area contributed by atoms with Gasteiger partial charge >= 0.3 is 0 Å². The minimum Gasteiger partial charge on any atom is -0.342 e. The topological polar surface area (TPSA) is 67.2 Å². The lowest BCUT2D eigenvalue weighted by Gasteiger charge is -2.32. The number of imidazole rings is 1. The first-order chi connectivity index (χ1) is 9.31. The summed E-state index contributed by atoms with van der Waals surface area (Å²) >= 11 is 0. The summed E-state index contributed by atoms with van der Waals surface area (Å²) in [5.41, 5.74) is -0.841. The largest absolute Gasteiger partial charge is 0.342 e. The molecule has 1 fully saturated rings. The molecule has 1 aromatic heterocycles. The molecule has 2 rings (SSSR count). The second-order valence-electron chi connectivity index (χ2n) is 5.89. The summed E-state index contributed by atoms with van der Waals surface area (Å²) < 4.78 is 2.01. The molecule has 110 valence electrons. The number of rotatable bonds is 3. The van der Waals surface area contributed by atoms with E-state index >= 15 is 0 Å². The van der Waals surface area contributed by atoms with Crippen LogP contribution in [0.25, 0.3) is 0 Å². The minimum atomic E-state index is -0.841. The monoisotopic (exact) mass is 278 g/mol. The number of aromatic nitrogens is 2. The van der Waals surface area contributed by atoms with Gasteiger partial charge in [0.05, 0.1) is 0 Å². The smallest absolute Gasteiger partial charge is 0.248 e. The maximum atomic E-state index is 12.6. The Labute approximate surface area is 119 Å². The normalized spacial score (nSPS) is 22.6. The highest BCUT2D eigenvalue weighted by atomic mass is 16.2. The molecule has 1 atom stereocenters. The van der Waals surface area contributed by atoms with Gasteiger partial charge in [-0.15, -0.1) is 0 Å². The third-order valence-electron chi connectivity index (χ3n) is 3.77. The number of carbonyl (C=O) groups is 2. The van der Waals surface area contributed by atoms with Gasteiger partial charge in [-0.05, 0) is 27.7 Å². The first-order valence-corrected chi connectivity index (χ1v) is 6.91. The zero-order valence-electron chi connectivity index (χ0n) is 12.5. The number of nitrogens with one attached hydrogen (secondary N) is 1. The van der Waals surface area contributed by atoms with Crippen LogP contribution in [0.15, 0.2) is 12.4 Å². The van der Waals surface area contributed by atoms with Gasteiger partial charge in [-0.3, -0.25) is 9.59 Å². The van der Waals surface area contributed by atoms with Crippen LogP contribution < -0.4 is 5.32 Å². The quantitative estimate of drug-likeness (QED) is 0.885. The Balaban J connectivity index is 2.13. The van der Waals surface area contributed by atoms with Gasteiger partial charge in [0.1, 0.15) is 11.4 Å². The van der Waals surface area contributed by atoms with E-state index in [0.29, 0.717) is 19.5 Å². The Morgan fingerprint density at radius 2 is 2.10 bits per heavy atom. The fourth-order valence-electron chi connectivity index (χ4n) is 2.57.